The lowest BCUT2D eigenvalue weighted by molar-refractivity contribution is -0.129. The molecule has 0 N–H and O–H groups in total. The smallest absolute Gasteiger partial charge is 0.410 e. The first-order valence-electron chi connectivity index (χ1n) is 7.92. The van der Waals surface area contributed by atoms with Crippen molar-refractivity contribution < 1.29 is 19.1 Å². The number of hydrogen-bond donors (Lipinski definition) is 0. The van der Waals surface area contributed by atoms with Gasteiger partial charge in [-0.25, -0.2) is 4.79 Å². The van der Waals surface area contributed by atoms with Gasteiger partial charge in [0.1, 0.15) is 12.4 Å². The van der Waals surface area contributed by atoms with Crippen LogP contribution in [0.4, 0.5) is 4.79 Å². The molecule has 124 valence electrons. The van der Waals surface area contributed by atoms with Crippen molar-refractivity contribution in [3.8, 4) is 5.75 Å². The fraction of sp³-hybridized carbons (Fsp3) is 0.263. The predicted molar refractivity (Wildman–Crippen MR) is 88.7 cm³/mol. The minimum atomic E-state index is -0.509. The molecule has 0 radical (unpaired) electrons. The summed E-state index contributed by atoms with van der Waals surface area (Å²) in [5, 5.41) is 0. The van der Waals surface area contributed by atoms with Crippen molar-refractivity contribution in [2.45, 2.75) is 19.1 Å². The number of amides is 1. The number of rotatable bonds is 4. The van der Waals surface area contributed by atoms with Crippen molar-refractivity contribution in [3.05, 3.63) is 66.2 Å². The van der Waals surface area contributed by atoms with E-state index in [4.69, 9.17) is 9.47 Å². The van der Waals surface area contributed by atoms with Gasteiger partial charge in [0, 0.05) is 13.0 Å². The Hall–Kier alpha value is -2.82. The first kappa shape index (κ1) is 16.1. The van der Waals surface area contributed by atoms with Crippen LogP contribution < -0.4 is 4.74 Å². The molecule has 0 spiro atoms. The molecule has 0 aromatic heterocycles. The first-order chi connectivity index (χ1) is 11.7. The summed E-state index contributed by atoms with van der Waals surface area (Å²) in [5.41, 5.74) is 0.916. The Balaban J connectivity index is 1.49. The normalized spacial score (nSPS) is 17.4. The summed E-state index contributed by atoms with van der Waals surface area (Å²) in [6, 6.07) is 18.7. The highest BCUT2D eigenvalue weighted by Crippen LogP contribution is 2.17. The molecular weight excluding hydrogens is 306 g/mol. The lowest BCUT2D eigenvalue weighted by Crippen LogP contribution is -2.48. The molecule has 0 bridgehead atoms. The van der Waals surface area contributed by atoms with Gasteiger partial charge in [0.25, 0.3) is 0 Å². The molecule has 1 aliphatic heterocycles. The van der Waals surface area contributed by atoms with Gasteiger partial charge in [-0.05, 0) is 17.7 Å². The van der Waals surface area contributed by atoms with Crippen LogP contribution in [0, 0.1) is 0 Å². The van der Waals surface area contributed by atoms with Crippen molar-refractivity contribution in [1.82, 2.24) is 4.90 Å². The van der Waals surface area contributed by atoms with Crippen LogP contribution in [-0.2, 0) is 16.1 Å². The second kappa shape index (κ2) is 7.64. The molecular formula is C19H19NO4. The molecule has 5 heteroatoms. The van der Waals surface area contributed by atoms with E-state index >= 15 is 0 Å². The number of para-hydroxylation sites is 1. The lowest BCUT2D eigenvalue weighted by Gasteiger charge is -2.30. The number of ether oxygens (including phenoxy) is 2. The zero-order valence-electron chi connectivity index (χ0n) is 13.3. The summed E-state index contributed by atoms with van der Waals surface area (Å²) in [7, 11) is 0. The van der Waals surface area contributed by atoms with Crippen LogP contribution in [0.15, 0.2) is 60.7 Å². The molecule has 1 atom stereocenters. The van der Waals surface area contributed by atoms with Crippen LogP contribution >= 0.6 is 0 Å². The second-order valence-corrected chi connectivity index (χ2v) is 5.64. The molecule has 24 heavy (non-hydrogen) atoms. The molecule has 2 aromatic rings. The molecule has 1 fully saturated rings. The number of nitrogens with zero attached hydrogens (tertiary/aromatic N) is 1. The average molecular weight is 325 g/mol. The minimum absolute atomic E-state index is 0.0190. The van der Waals surface area contributed by atoms with Crippen LogP contribution in [0.5, 0.6) is 5.75 Å². The molecule has 1 saturated heterocycles. The highest BCUT2D eigenvalue weighted by atomic mass is 16.6. The third-order valence-electron chi connectivity index (χ3n) is 3.85. The SMILES string of the molecule is O=C1CN(C(=O)OCc2ccccc2)CCC1Oc1ccccc1. The van der Waals surface area contributed by atoms with E-state index in [2.05, 4.69) is 0 Å². The number of ketones is 1. The van der Waals surface area contributed by atoms with E-state index in [-0.39, 0.29) is 18.9 Å². The number of likely N-dealkylation sites (tertiary alicyclic amines) is 1. The monoisotopic (exact) mass is 325 g/mol. The van der Waals surface area contributed by atoms with Crippen LogP contribution in [0.25, 0.3) is 0 Å². The Morgan fingerprint density at radius 1 is 1.04 bits per heavy atom. The van der Waals surface area contributed by atoms with Gasteiger partial charge in [-0.15, -0.1) is 0 Å². The van der Waals surface area contributed by atoms with Crippen molar-refractivity contribution in [2.75, 3.05) is 13.1 Å². The Morgan fingerprint density at radius 3 is 2.38 bits per heavy atom. The number of benzene rings is 2. The van der Waals surface area contributed by atoms with Gasteiger partial charge >= 0.3 is 6.09 Å². The maximum Gasteiger partial charge on any atom is 0.410 e. The highest BCUT2D eigenvalue weighted by Gasteiger charge is 2.31. The van der Waals surface area contributed by atoms with E-state index in [0.29, 0.717) is 18.7 Å². The lowest BCUT2D eigenvalue weighted by atomic mass is 10.1. The van der Waals surface area contributed by atoms with Gasteiger partial charge in [0.2, 0.25) is 0 Å². The first-order valence-corrected chi connectivity index (χ1v) is 7.92. The average Bonchev–Trinajstić information content (AvgIpc) is 2.63. The number of hydrogen-bond acceptors (Lipinski definition) is 4. The Kier molecular flexibility index (Phi) is 5.11. The maximum absolute atomic E-state index is 12.2. The zero-order valence-corrected chi connectivity index (χ0v) is 13.3. The minimum Gasteiger partial charge on any atom is -0.483 e. The Morgan fingerprint density at radius 2 is 1.71 bits per heavy atom. The fourth-order valence-electron chi connectivity index (χ4n) is 2.56. The molecule has 1 unspecified atom stereocenters. The highest BCUT2D eigenvalue weighted by molar-refractivity contribution is 5.89. The Bertz CT molecular complexity index is 685. The van der Waals surface area contributed by atoms with Crippen molar-refractivity contribution in [1.29, 1.82) is 0 Å². The van der Waals surface area contributed by atoms with E-state index in [0.717, 1.165) is 5.56 Å². The molecule has 0 saturated carbocycles. The third-order valence-corrected chi connectivity index (χ3v) is 3.85. The van der Waals surface area contributed by atoms with E-state index in [1.54, 1.807) is 0 Å². The largest absolute Gasteiger partial charge is 0.483 e. The van der Waals surface area contributed by atoms with Gasteiger partial charge in [-0.1, -0.05) is 48.5 Å². The zero-order chi connectivity index (χ0) is 16.8. The molecule has 5 nitrogen and oxygen atoms in total. The summed E-state index contributed by atoms with van der Waals surface area (Å²) < 4.78 is 11.0. The van der Waals surface area contributed by atoms with Crippen molar-refractivity contribution >= 4 is 11.9 Å². The van der Waals surface area contributed by atoms with Crippen molar-refractivity contribution in [3.63, 3.8) is 0 Å². The summed E-state index contributed by atoms with van der Waals surface area (Å²) in [4.78, 5) is 25.7. The van der Waals surface area contributed by atoms with Gasteiger partial charge in [0.05, 0.1) is 6.54 Å². The Labute approximate surface area is 140 Å². The third kappa shape index (κ3) is 4.13. The van der Waals surface area contributed by atoms with Crippen LogP contribution in [0.2, 0.25) is 0 Å². The molecule has 1 aliphatic rings. The number of Topliss-reactive ketones (excluding diaryl/α,β-unsaturated/α-hetero) is 1. The predicted octanol–water partition coefficient (Wildman–Crippen LogP) is 3.05. The van der Waals surface area contributed by atoms with E-state index in [1.807, 2.05) is 60.7 Å². The maximum atomic E-state index is 12.2. The summed E-state index contributed by atoms with van der Waals surface area (Å²) in [6.45, 7) is 0.663. The molecule has 3 rings (SSSR count). The number of piperidine rings is 1. The van der Waals surface area contributed by atoms with Gasteiger partial charge in [-0.3, -0.25) is 4.79 Å². The van der Waals surface area contributed by atoms with Crippen molar-refractivity contribution in [2.24, 2.45) is 0 Å². The molecule has 1 heterocycles. The summed E-state index contributed by atoms with van der Waals surface area (Å²) in [6.07, 6.45) is -0.510. The number of carbonyl (C=O) groups excluding carboxylic acids is 2. The summed E-state index contributed by atoms with van der Waals surface area (Å²) >= 11 is 0. The quantitative estimate of drug-likeness (QED) is 0.867. The van der Waals surface area contributed by atoms with E-state index in [1.165, 1.54) is 4.90 Å². The molecule has 2 aromatic carbocycles. The van der Waals surface area contributed by atoms with E-state index < -0.39 is 12.2 Å². The second-order valence-electron chi connectivity index (χ2n) is 5.64. The van der Waals surface area contributed by atoms with Crippen LogP contribution in [0.1, 0.15) is 12.0 Å². The van der Waals surface area contributed by atoms with Gasteiger partial charge in [-0.2, -0.15) is 0 Å². The van der Waals surface area contributed by atoms with Gasteiger partial charge < -0.3 is 14.4 Å². The van der Waals surface area contributed by atoms with Crippen LogP contribution in [-0.4, -0.2) is 36.0 Å². The molecule has 1 amide bonds. The van der Waals surface area contributed by atoms with Gasteiger partial charge in [0.15, 0.2) is 11.9 Å². The molecule has 0 aliphatic carbocycles. The summed E-state index contributed by atoms with van der Waals surface area (Å²) in [5.74, 6) is 0.553. The number of carbonyl (C=O) groups is 2. The van der Waals surface area contributed by atoms with E-state index in [9.17, 15) is 9.59 Å². The fourth-order valence-corrected chi connectivity index (χ4v) is 2.56. The van der Waals surface area contributed by atoms with Crippen LogP contribution in [0.3, 0.4) is 0 Å². The standard InChI is InChI=1S/C19H19NO4/c21-17-13-20(19(22)23-14-15-7-3-1-4-8-15)12-11-18(17)24-16-9-5-2-6-10-16/h1-10,18H,11-14H2. The topological polar surface area (TPSA) is 55.8 Å².